The summed E-state index contributed by atoms with van der Waals surface area (Å²) in [7, 11) is -8.51. The van der Waals surface area contributed by atoms with Gasteiger partial charge in [-0.05, 0) is 116 Å². The maximum Gasteiger partial charge on any atom is 2.00 e. The van der Waals surface area contributed by atoms with Crippen molar-refractivity contribution in [2.45, 2.75) is 147 Å². The van der Waals surface area contributed by atoms with Crippen molar-refractivity contribution in [1.29, 1.82) is 10.5 Å². The summed E-state index contributed by atoms with van der Waals surface area (Å²) in [6.07, 6.45) is -7.15. The van der Waals surface area contributed by atoms with Crippen LogP contribution in [-0.4, -0.2) is 173 Å². The van der Waals surface area contributed by atoms with Crippen molar-refractivity contribution in [1.82, 2.24) is 39.4 Å². The molecule has 37 heteroatoms. The van der Waals surface area contributed by atoms with Gasteiger partial charge in [-0.3, -0.25) is 24.2 Å². The topological polar surface area (TPSA) is 502 Å². The standard InChI is InChI=1S/C25H31N6O8P.C19H23N2O7P.C12H13N5O4.C4H9.ClH.Mg.H2O/c1-15(2)37-23(34)24(3,4)30-40(35,39-16-8-6-5-7-9-16)36-12-18-20(32)21(33)25(13-26,38-18)19-11-10-17-22(27)28-14-29-31(17)19;1-14(2)26-18(22)19(3,4)20-29(25,27-16-8-6-5-7-9-16)28-17-12-10-15(11-13-17)21(23)24;13-4-12(10(20)9(19)7(3-18)21-12)8-2-1-6-11(14)15-5-16-17(6)8;1-4(2)3;;;/h5-11,14-15,18,20-21,32-33H,12H2,1-4H3,(H,30,35)(H2,27,28,29);5-14H,1-4H3,(H,20,25);1-2,5,7,9-10,18-20H,3H2,(H2,14,15,16);1-3H3;1H;;1H2/q;;;-1;;+2;/p-1/t18-,20-,21-,25+,40?;;7-,9-,10-,12+;;;;/m1.1..../s1. The number of nitrogen functional groups attached to an aromatic ring is 2. The molecule has 6 heterocycles. The third-order valence-corrected chi connectivity index (χ3v) is 16.8. The number of aromatic nitrogens is 6. The molecule has 4 aromatic heterocycles. The molecule has 7 aromatic rings. The Morgan fingerprint density at radius 1 is 0.680 bits per heavy atom. The van der Waals surface area contributed by atoms with E-state index in [1.54, 1.807) is 88.4 Å². The van der Waals surface area contributed by atoms with Crippen LogP contribution in [0.1, 0.15) is 87.5 Å². The quantitative estimate of drug-likeness (QED) is 0.0123. The van der Waals surface area contributed by atoms with Crippen LogP contribution in [0.2, 0.25) is 0 Å². The molecule has 522 valence electrons. The van der Waals surface area contributed by atoms with Crippen LogP contribution in [0.4, 0.5) is 17.3 Å². The molecular weight excluding hydrogens is 1340 g/mol. The fraction of sp³-hybridized carbons (Fsp3) is 0.417. The number of aliphatic hydroxyl groups excluding tert-OH is 5. The zero-order valence-corrected chi connectivity index (χ0v) is 58.6. The number of non-ortho nitro benzene ring substituents is 1. The van der Waals surface area contributed by atoms with Gasteiger partial charge in [-0.15, -0.1) is 0 Å². The van der Waals surface area contributed by atoms with Crippen LogP contribution in [0.5, 0.6) is 17.2 Å². The Kier molecular flexibility index (Phi) is 30.3. The average molecular weight is 1420 g/mol. The number of nitrogens with zero attached hydrogens (tertiary/aromatic N) is 9. The van der Waals surface area contributed by atoms with Crippen molar-refractivity contribution in [3.8, 4) is 29.4 Å². The molecule has 2 fully saturated rings. The summed E-state index contributed by atoms with van der Waals surface area (Å²) in [5.41, 5.74) is 5.69. The molecule has 0 amide bonds. The number of carbonyl (C=O) groups excluding carboxylic acids is 2. The number of aliphatic hydroxyl groups is 5. The monoisotopic (exact) mass is 1420 g/mol. The van der Waals surface area contributed by atoms with Gasteiger partial charge in [0.15, 0.2) is 11.6 Å². The van der Waals surface area contributed by atoms with Gasteiger partial charge in [0.25, 0.3) is 5.69 Å². The first kappa shape index (κ1) is 83.5. The second kappa shape index (κ2) is 35.2. The second-order valence-corrected chi connectivity index (χ2v) is 26.4. The molecule has 2 saturated heterocycles. The molecule has 0 bridgehead atoms. The molecule has 33 nitrogen and oxygen atoms in total. The zero-order valence-electron chi connectivity index (χ0n) is 54.7. The number of hydrogen-bond acceptors (Lipinski definition) is 27. The molecule has 0 radical (unpaired) electrons. The normalized spacial score (nSPS) is 21.5. The van der Waals surface area contributed by atoms with Crippen molar-refractivity contribution in [2.75, 3.05) is 24.7 Å². The van der Waals surface area contributed by atoms with E-state index in [2.05, 4.69) is 51.1 Å². The SMILES string of the molecule is CC(C)OC(=O)C(C)(C)NP(=O)(OC[C@H]1O[C@@](C#N)(c2ccc3c(N)ncnn23)[C@H](O)[C@@H]1O)Oc1ccccc1.CC(C)OC(=O)C(C)(C)NP(=O)(Oc1ccccc1)Oc1ccc([N+](=O)[O-])cc1.C[C-](C)C.N#C[C@@]1(c2ccc3c(N)ncnn23)O[C@H](CO)[C@@H](O)[C@H]1O.O.[Cl-].[Mg+2]. The number of hydrogen-bond donors (Lipinski definition) is 9. The van der Waals surface area contributed by atoms with Crippen molar-refractivity contribution in [3.63, 3.8) is 0 Å². The number of para-hydroxylation sites is 2. The van der Waals surface area contributed by atoms with Gasteiger partial charge in [0.05, 0.1) is 41.7 Å². The van der Waals surface area contributed by atoms with E-state index in [4.69, 9.17) is 48.5 Å². The van der Waals surface area contributed by atoms with E-state index in [1.807, 2.05) is 12.1 Å². The maximum atomic E-state index is 13.9. The number of carbonyl (C=O) groups is 2. The second-order valence-electron chi connectivity index (χ2n) is 23.2. The number of nitro benzene ring substituents is 1. The summed E-state index contributed by atoms with van der Waals surface area (Å²) in [5, 5.41) is 94.8. The van der Waals surface area contributed by atoms with E-state index in [1.165, 1.54) is 104 Å². The van der Waals surface area contributed by atoms with E-state index < -0.39 is 111 Å². The summed E-state index contributed by atoms with van der Waals surface area (Å²) in [6.45, 7) is 17.7. The van der Waals surface area contributed by atoms with Crippen molar-refractivity contribution in [2.24, 2.45) is 0 Å². The fourth-order valence-corrected chi connectivity index (χ4v) is 12.3. The van der Waals surface area contributed by atoms with Crippen LogP contribution in [0, 0.1) is 38.7 Å². The summed E-state index contributed by atoms with van der Waals surface area (Å²) in [5.74, 6) is 0.885. The van der Waals surface area contributed by atoms with Crippen LogP contribution in [0.25, 0.3) is 11.0 Å². The zero-order chi connectivity index (χ0) is 69.7. The van der Waals surface area contributed by atoms with Gasteiger partial charge in [0.1, 0.15) is 101 Å². The minimum atomic E-state index is -4.36. The molecule has 3 aromatic carbocycles. The number of nitrogens with two attached hydrogens (primary N) is 2. The van der Waals surface area contributed by atoms with Gasteiger partial charge < -0.3 is 93.3 Å². The largest absolute Gasteiger partial charge is 2.00 e. The minimum Gasteiger partial charge on any atom is -1.00 e. The Bertz CT molecular complexity index is 3920. The Hall–Kier alpha value is -7.70. The number of nitrogens with one attached hydrogen (secondary N) is 2. The van der Waals surface area contributed by atoms with E-state index in [-0.39, 0.29) is 93.0 Å². The molecule has 2 unspecified atom stereocenters. The molecular formula is C60H78ClMgN13O20P2. The predicted octanol–water partition coefficient (Wildman–Crippen LogP) is 1.72. The van der Waals surface area contributed by atoms with Crippen molar-refractivity contribution in [3.05, 3.63) is 149 Å². The van der Waals surface area contributed by atoms with E-state index in [0.717, 1.165) is 0 Å². The van der Waals surface area contributed by atoms with Gasteiger partial charge in [0.2, 0.25) is 11.2 Å². The fourth-order valence-electron chi connectivity index (χ4n) is 8.94. The third-order valence-electron chi connectivity index (χ3n) is 13.3. The van der Waals surface area contributed by atoms with Crippen LogP contribution >= 0.6 is 15.5 Å². The first-order valence-electron chi connectivity index (χ1n) is 28.8. The Morgan fingerprint density at radius 2 is 1.04 bits per heavy atom. The number of ether oxygens (including phenoxy) is 4. The van der Waals surface area contributed by atoms with Crippen LogP contribution in [0.3, 0.4) is 0 Å². The number of halogens is 1. The maximum absolute atomic E-state index is 13.9. The molecule has 97 heavy (non-hydrogen) atoms. The summed E-state index contributed by atoms with van der Waals surface area (Å²) < 4.78 is 74.2. The van der Waals surface area contributed by atoms with E-state index in [9.17, 15) is 64.9 Å². The summed E-state index contributed by atoms with van der Waals surface area (Å²) in [6, 6.07) is 31.3. The number of rotatable bonds is 21. The number of nitro groups is 1. The van der Waals surface area contributed by atoms with Gasteiger partial charge in [-0.1, -0.05) is 36.4 Å². The number of benzene rings is 3. The van der Waals surface area contributed by atoms with Crippen molar-refractivity contribution >= 4 is 78.8 Å². The first-order valence-corrected chi connectivity index (χ1v) is 31.9. The van der Waals surface area contributed by atoms with Crippen LogP contribution < -0.4 is 47.6 Å². The smallest absolute Gasteiger partial charge is 1.00 e. The Morgan fingerprint density at radius 3 is 1.40 bits per heavy atom. The molecule has 2 aliphatic heterocycles. The third kappa shape index (κ3) is 20.5. The molecule has 13 N–H and O–H groups in total. The Balaban J connectivity index is 0.000000379. The van der Waals surface area contributed by atoms with Gasteiger partial charge in [0, 0.05) is 12.1 Å². The number of fused-ring (bicyclic) bond motifs is 2. The molecule has 9 rings (SSSR count). The summed E-state index contributed by atoms with van der Waals surface area (Å²) >= 11 is 0. The first-order chi connectivity index (χ1) is 44.1. The minimum absolute atomic E-state index is 0. The molecule has 2 aliphatic rings. The van der Waals surface area contributed by atoms with Gasteiger partial charge in [-0.2, -0.15) is 51.7 Å². The van der Waals surface area contributed by atoms with E-state index in [0.29, 0.717) is 11.0 Å². The van der Waals surface area contributed by atoms with Crippen LogP contribution in [0.15, 0.2) is 122 Å². The molecule has 0 spiro atoms. The average Bonchev–Trinajstić information content (AvgIpc) is 1.59. The predicted molar refractivity (Wildman–Crippen MR) is 346 cm³/mol. The number of esters is 2. The van der Waals surface area contributed by atoms with Crippen molar-refractivity contribution < 1.29 is 104 Å². The number of anilines is 2. The van der Waals surface area contributed by atoms with E-state index >= 15 is 0 Å². The summed E-state index contributed by atoms with van der Waals surface area (Å²) in [4.78, 5) is 43.0. The molecule has 0 aliphatic carbocycles. The van der Waals surface area contributed by atoms with Crippen LogP contribution in [-0.2, 0) is 53.4 Å². The number of nitriles is 2. The van der Waals surface area contributed by atoms with Gasteiger partial charge >= 0.3 is 50.5 Å². The van der Waals surface area contributed by atoms with Gasteiger partial charge in [-0.25, -0.2) is 28.1 Å². The molecule has 10 atom stereocenters. The molecule has 0 saturated carbocycles. The Labute approximate surface area is 580 Å².